The maximum atomic E-state index is 10.2. The van der Waals surface area contributed by atoms with Gasteiger partial charge in [-0.25, -0.2) is 0 Å². The number of nitrogens with one attached hydrogen (secondary N) is 1. The lowest BCUT2D eigenvalue weighted by Gasteiger charge is -1.90. The van der Waals surface area contributed by atoms with Crippen LogP contribution in [0.1, 0.15) is 13.3 Å². The number of rotatable bonds is 2. The monoisotopic (exact) mass is 162 g/mol. The maximum absolute atomic E-state index is 10.2. The summed E-state index contributed by atoms with van der Waals surface area (Å²) in [4.78, 5) is 20.3. The third-order valence-electron chi connectivity index (χ3n) is 0.621. The number of nitrogens with two attached hydrogens (primary N) is 1. The molecule has 66 valence electrons. The fourth-order valence-corrected chi connectivity index (χ4v) is 0.275. The van der Waals surface area contributed by atoms with Crippen LogP contribution >= 0.6 is 0 Å². The van der Waals surface area contributed by atoms with Gasteiger partial charge < -0.3 is 4.74 Å². The van der Waals surface area contributed by atoms with E-state index in [0.29, 0.717) is 0 Å². The lowest BCUT2D eigenvalue weighted by atomic mass is 10.3. The van der Waals surface area contributed by atoms with E-state index in [-0.39, 0.29) is 12.2 Å². The van der Waals surface area contributed by atoms with Gasteiger partial charge in [-0.15, -0.1) is 0 Å². The molecule has 0 unspecified atom stereocenters. The molecule has 0 aliphatic rings. The van der Waals surface area contributed by atoms with Gasteiger partial charge in [-0.1, -0.05) is 0 Å². The number of hydrogen-bond acceptors (Lipinski definition) is 5. The third kappa shape index (κ3) is 17.6. The highest BCUT2D eigenvalue weighted by atomic mass is 16.5. The number of ketones is 1. The number of Topliss-reactive ketones (excluding diaryl/α,β-unsaturated/α-hetero) is 1. The minimum Gasteiger partial charge on any atom is -0.469 e. The second-order valence-corrected chi connectivity index (χ2v) is 1.74. The standard InChI is InChI=1S/C5H8O3.CH6N2/c1-4(6)3-5(7)8-2;1-3-2/h3H2,1-2H3;3H,2H2,1H3. The summed E-state index contributed by atoms with van der Waals surface area (Å²) in [6.07, 6.45) is -0.115. The van der Waals surface area contributed by atoms with Crippen LogP contribution < -0.4 is 11.3 Å². The first kappa shape index (κ1) is 12.7. The Morgan fingerprint density at radius 3 is 2.00 bits per heavy atom. The average Bonchev–Trinajstić information content (AvgIpc) is 1.88. The van der Waals surface area contributed by atoms with Crippen molar-refractivity contribution in [2.75, 3.05) is 14.2 Å². The molecular formula is C6H14N2O3. The van der Waals surface area contributed by atoms with Crippen LogP contribution in [0.5, 0.6) is 0 Å². The molecule has 0 radical (unpaired) electrons. The lowest BCUT2D eigenvalue weighted by molar-refractivity contribution is -0.142. The molecule has 11 heavy (non-hydrogen) atoms. The van der Waals surface area contributed by atoms with Gasteiger partial charge in [0, 0.05) is 0 Å². The van der Waals surface area contributed by atoms with Crippen LogP contribution in [0.15, 0.2) is 0 Å². The summed E-state index contributed by atoms with van der Waals surface area (Å²) in [5, 5.41) is 0. The molecule has 0 amide bonds. The van der Waals surface area contributed by atoms with Gasteiger partial charge >= 0.3 is 5.97 Å². The second-order valence-electron chi connectivity index (χ2n) is 1.74. The van der Waals surface area contributed by atoms with E-state index in [1.807, 2.05) is 0 Å². The van der Waals surface area contributed by atoms with Crippen molar-refractivity contribution in [3.8, 4) is 0 Å². The van der Waals surface area contributed by atoms with Crippen molar-refractivity contribution in [3.05, 3.63) is 0 Å². The quantitative estimate of drug-likeness (QED) is 0.241. The molecule has 0 spiro atoms. The summed E-state index contributed by atoms with van der Waals surface area (Å²) in [7, 11) is 2.91. The maximum Gasteiger partial charge on any atom is 0.313 e. The van der Waals surface area contributed by atoms with E-state index in [2.05, 4.69) is 16.0 Å². The SMILES string of the molecule is CNN.COC(=O)CC(C)=O. The Kier molecular flexibility index (Phi) is 10.5. The first-order valence-corrected chi connectivity index (χ1v) is 3.02. The van der Waals surface area contributed by atoms with E-state index in [1.54, 1.807) is 7.05 Å². The smallest absolute Gasteiger partial charge is 0.313 e. The Hall–Kier alpha value is -0.940. The van der Waals surface area contributed by atoms with Crippen molar-refractivity contribution in [1.82, 2.24) is 5.43 Å². The van der Waals surface area contributed by atoms with Gasteiger partial charge in [-0.2, -0.15) is 0 Å². The zero-order valence-electron chi connectivity index (χ0n) is 7.01. The Morgan fingerprint density at radius 1 is 1.55 bits per heavy atom. The first-order valence-electron chi connectivity index (χ1n) is 3.02. The van der Waals surface area contributed by atoms with E-state index < -0.39 is 5.97 Å². The highest BCUT2D eigenvalue weighted by Gasteiger charge is 2.01. The van der Waals surface area contributed by atoms with Crippen LogP contribution in [0.2, 0.25) is 0 Å². The lowest BCUT2D eigenvalue weighted by Crippen LogP contribution is -2.13. The molecule has 0 fully saturated rings. The molecule has 0 aromatic rings. The highest BCUT2D eigenvalue weighted by molar-refractivity contribution is 5.93. The van der Waals surface area contributed by atoms with Gasteiger partial charge in [0.2, 0.25) is 0 Å². The zero-order chi connectivity index (χ0) is 9.28. The van der Waals surface area contributed by atoms with Crippen LogP contribution in [0.3, 0.4) is 0 Å². The van der Waals surface area contributed by atoms with Gasteiger partial charge in [0.1, 0.15) is 12.2 Å². The van der Waals surface area contributed by atoms with Crippen LogP contribution in [-0.2, 0) is 14.3 Å². The van der Waals surface area contributed by atoms with E-state index in [4.69, 9.17) is 0 Å². The molecule has 0 rings (SSSR count). The van der Waals surface area contributed by atoms with Crippen molar-refractivity contribution in [1.29, 1.82) is 0 Å². The summed E-state index contributed by atoms with van der Waals surface area (Å²) >= 11 is 0. The average molecular weight is 162 g/mol. The van der Waals surface area contributed by atoms with Crippen LogP contribution in [0.4, 0.5) is 0 Å². The summed E-state index contributed by atoms with van der Waals surface area (Å²) in [5.41, 5.74) is 2.25. The van der Waals surface area contributed by atoms with Crippen molar-refractivity contribution >= 4 is 11.8 Å². The molecule has 0 saturated carbocycles. The van der Waals surface area contributed by atoms with Crippen molar-refractivity contribution in [3.63, 3.8) is 0 Å². The predicted molar refractivity (Wildman–Crippen MR) is 40.6 cm³/mol. The van der Waals surface area contributed by atoms with Gasteiger partial charge in [-0.3, -0.25) is 20.9 Å². The molecule has 0 bridgehead atoms. The van der Waals surface area contributed by atoms with Crippen molar-refractivity contribution < 1.29 is 14.3 Å². The van der Waals surface area contributed by atoms with Gasteiger partial charge in [0.05, 0.1) is 7.11 Å². The summed E-state index contributed by atoms with van der Waals surface area (Å²) in [6, 6.07) is 0. The van der Waals surface area contributed by atoms with Crippen LogP contribution in [0.25, 0.3) is 0 Å². The molecule has 0 aliphatic carbocycles. The molecule has 0 aromatic heterocycles. The number of methoxy groups -OCH3 is 1. The predicted octanol–water partition coefficient (Wildman–Crippen LogP) is -0.782. The van der Waals surface area contributed by atoms with Gasteiger partial charge in [-0.05, 0) is 14.0 Å². The number of hydrogen-bond donors (Lipinski definition) is 2. The Bertz CT molecular complexity index is 125. The summed E-state index contributed by atoms with van der Waals surface area (Å²) < 4.78 is 4.20. The number of ether oxygens (including phenoxy) is 1. The van der Waals surface area contributed by atoms with Crippen molar-refractivity contribution in [2.24, 2.45) is 5.84 Å². The minimum absolute atomic E-state index is 0.115. The Balaban J connectivity index is 0. The fourth-order valence-electron chi connectivity index (χ4n) is 0.275. The minimum atomic E-state index is -0.475. The van der Waals surface area contributed by atoms with Gasteiger partial charge in [0.25, 0.3) is 0 Å². The van der Waals surface area contributed by atoms with E-state index in [1.165, 1.54) is 14.0 Å². The van der Waals surface area contributed by atoms with Crippen LogP contribution in [0, 0.1) is 0 Å². The van der Waals surface area contributed by atoms with Gasteiger partial charge in [0.15, 0.2) is 0 Å². The Morgan fingerprint density at radius 2 is 1.91 bits per heavy atom. The summed E-state index contributed by atoms with van der Waals surface area (Å²) in [6.45, 7) is 1.34. The second kappa shape index (κ2) is 9.06. The number of hydrazine groups is 1. The third-order valence-corrected chi connectivity index (χ3v) is 0.621. The van der Waals surface area contributed by atoms with Crippen molar-refractivity contribution in [2.45, 2.75) is 13.3 Å². The number of esters is 1. The largest absolute Gasteiger partial charge is 0.469 e. The van der Waals surface area contributed by atoms with E-state index >= 15 is 0 Å². The molecular weight excluding hydrogens is 148 g/mol. The topological polar surface area (TPSA) is 81.4 Å². The van der Waals surface area contributed by atoms with E-state index in [9.17, 15) is 9.59 Å². The zero-order valence-corrected chi connectivity index (χ0v) is 7.01. The molecule has 0 atom stereocenters. The molecule has 0 aliphatic heterocycles. The molecule has 0 aromatic carbocycles. The molecule has 5 heteroatoms. The molecule has 0 heterocycles. The molecule has 3 N–H and O–H groups in total. The fraction of sp³-hybridized carbons (Fsp3) is 0.667. The Labute approximate surface area is 65.9 Å². The highest BCUT2D eigenvalue weighted by Crippen LogP contribution is 1.83. The molecule has 0 saturated heterocycles. The number of carbonyl (C=O) groups excluding carboxylic acids is 2. The molecule has 5 nitrogen and oxygen atoms in total. The van der Waals surface area contributed by atoms with E-state index in [0.717, 1.165) is 0 Å². The van der Waals surface area contributed by atoms with Crippen LogP contribution in [-0.4, -0.2) is 25.9 Å². The summed E-state index contributed by atoms with van der Waals surface area (Å²) in [5.74, 6) is 3.95. The number of carbonyl (C=O) groups is 2. The normalized spacial score (nSPS) is 7.64. The first-order chi connectivity index (χ1) is 5.08.